The first-order valence-electron chi connectivity index (χ1n) is 3.66. The summed E-state index contributed by atoms with van der Waals surface area (Å²) in [6.45, 7) is 3.66. The maximum atomic E-state index is 11.1. The van der Waals surface area contributed by atoms with E-state index in [-0.39, 0.29) is 23.4 Å². The molecule has 0 heterocycles. The number of carbonyl (C=O) groups excluding carboxylic acids is 2. The maximum Gasteiger partial charge on any atom is 0.139 e. The maximum absolute atomic E-state index is 11.1. The Morgan fingerprint density at radius 2 is 1.50 bits per heavy atom. The molecule has 1 aliphatic carbocycles. The van der Waals surface area contributed by atoms with Gasteiger partial charge in [0, 0.05) is 24.7 Å². The largest absolute Gasteiger partial charge is 0.300 e. The van der Waals surface area contributed by atoms with Crippen LogP contribution in [0.15, 0.2) is 0 Å². The van der Waals surface area contributed by atoms with Crippen LogP contribution in [-0.2, 0) is 9.59 Å². The molecule has 2 nitrogen and oxygen atoms in total. The molecule has 0 bridgehead atoms. The zero-order valence-electron chi connectivity index (χ0n) is 6.39. The summed E-state index contributed by atoms with van der Waals surface area (Å²) in [5.41, 5.74) is 0. The third-order valence-electron chi connectivity index (χ3n) is 2.04. The van der Waals surface area contributed by atoms with Gasteiger partial charge in [-0.05, 0) is 0 Å². The Bertz CT molecular complexity index is 156. The number of hydrogen-bond acceptors (Lipinski definition) is 2. The summed E-state index contributed by atoms with van der Waals surface area (Å²) in [6, 6.07) is 0. The van der Waals surface area contributed by atoms with Crippen LogP contribution in [0.25, 0.3) is 0 Å². The first-order chi connectivity index (χ1) is 4.61. The third-order valence-corrected chi connectivity index (χ3v) is 2.04. The van der Waals surface area contributed by atoms with Crippen molar-refractivity contribution < 1.29 is 9.59 Å². The van der Waals surface area contributed by atoms with Gasteiger partial charge in [0.2, 0.25) is 0 Å². The van der Waals surface area contributed by atoms with Crippen molar-refractivity contribution in [2.24, 2.45) is 11.8 Å². The molecule has 1 saturated carbocycles. The van der Waals surface area contributed by atoms with Crippen molar-refractivity contribution >= 4 is 11.6 Å². The smallest absolute Gasteiger partial charge is 0.139 e. The van der Waals surface area contributed by atoms with Gasteiger partial charge in [-0.1, -0.05) is 13.8 Å². The van der Waals surface area contributed by atoms with E-state index in [2.05, 4.69) is 0 Å². The number of ketones is 2. The molecule has 0 radical (unpaired) electrons. The first kappa shape index (κ1) is 7.45. The van der Waals surface area contributed by atoms with Gasteiger partial charge in [-0.2, -0.15) is 0 Å². The van der Waals surface area contributed by atoms with Gasteiger partial charge in [0.1, 0.15) is 11.6 Å². The predicted molar refractivity (Wildman–Crippen MR) is 37.6 cm³/mol. The van der Waals surface area contributed by atoms with Crippen molar-refractivity contribution in [2.45, 2.75) is 26.7 Å². The molecule has 1 aliphatic rings. The van der Waals surface area contributed by atoms with Gasteiger partial charge in [0.25, 0.3) is 0 Å². The third kappa shape index (κ3) is 1.25. The van der Waals surface area contributed by atoms with Crippen LogP contribution in [0.4, 0.5) is 0 Å². The van der Waals surface area contributed by atoms with E-state index in [1.54, 1.807) is 0 Å². The predicted octanol–water partition coefficient (Wildman–Crippen LogP) is 1.19. The van der Waals surface area contributed by atoms with Crippen LogP contribution in [0.3, 0.4) is 0 Å². The topological polar surface area (TPSA) is 34.1 Å². The monoisotopic (exact) mass is 140 g/mol. The van der Waals surface area contributed by atoms with E-state index in [1.165, 1.54) is 0 Å². The second-order valence-corrected chi connectivity index (χ2v) is 3.15. The van der Waals surface area contributed by atoms with Crippen LogP contribution in [0, 0.1) is 11.8 Å². The molecule has 0 aromatic carbocycles. The van der Waals surface area contributed by atoms with Gasteiger partial charge in [-0.3, -0.25) is 9.59 Å². The Hall–Kier alpha value is -0.660. The number of rotatable bonds is 0. The standard InChI is InChI=1S/C8H12O2/c1-5-3-7(9)4-6(2)8(5)10/h5-6H,3-4H2,1-2H3. The zero-order valence-corrected chi connectivity index (χ0v) is 6.39. The molecule has 2 heteroatoms. The van der Waals surface area contributed by atoms with E-state index in [9.17, 15) is 9.59 Å². The minimum atomic E-state index is -0.0313. The molecule has 1 fully saturated rings. The van der Waals surface area contributed by atoms with E-state index in [0.29, 0.717) is 12.8 Å². The van der Waals surface area contributed by atoms with E-state index in [4.69, 9.17) is 0 Å². The second-order valence-electron chi connectivity index (χ2n) is 3.15. The Kier molecular flexibility index (Phi) is 1.88. The van der Waals surface area contributed by atoms with Crippen molar-refractivity contribution in [3.63, 3.8) is 0 Å². The number of Topliss-reactive ketones (excluding diaryl/α,β-unsaturated/α-hetero) is 2. The molecule has 2 atom stereocenters. The van der Waals surface area contributed by atoms with Crippen LogP contribution in [0.2, 0.25) is 0 Å². The highest BCUT2D eigenvalue weighted by Gasteiger charge is 2.29. The van der Waals surface area contributed by atoms with Crippen LogP contribution < -0.4 is 0 Å². The van der Waals surface area contributed by atoms with E-state index >= 15 is 0 Å². The minimum absolute atomic E-state index is 0.0313. The molecule has 0 aliphatic heterocycles. The first-order valence-corrected chi connectivity index (χ1v) is 3.66. The van der Waals surface area contributed by atoms with Crippen molar-refractivity contribution in [1.82, 2.24) is 0 Å². The molecule has 10 heavy (non-hydrogen) atoms. The Balaban J connectivity index is 2.66. The Labute approximate surface area is 60.6 Å². The summed E-state index contributed by atoms with van der Waals surface area (Å²) in [4.78, 5) is 22.0. The average molecular weight is 140 g/mol. The molecular weight excluding hydrogens is 128 g/mol. The molecule has 0 aromatic rings. The highest BCUT2D eigenvalue weighted by atomic mass is 16.1. The lowest BCUT2D eigenvalue weighted by Gasteiger charge is -2.20. The molecule has 2 unspecified atom stereocenters. The van der Waals surface area contributed by atoms with Gasteiger partial charge in [-0.25, -0.2) is 0 Å². The van der Waals surface area contributed by atoms with Crippen molar-refractivity contribution in [2.75, 3.05) is 0 Å². The fourth-order valence-corrected chi connectivity index (χ4v) is 1.45. The van der Waals surface area contributed by atoms with Gasteiger partial charge >= 0.3 is 0 Å². The van der Waals surface area contributed by atoms with Crippen LogP contribution in [-0.4, -0.2) is 11.6 Å². The lowest BCUT2D eigenvalue weighted by atomic mass is 9.81. The van der Waals surface area contributed by atoms with Crippen molar-refractivity contribution in [3.05, 3.63) is 0 Å². The molecule has 0 N–H and O–H groups in total. The van der Waals surface area contributed by atoms with Gasteiger partial charge in [0.05, 0.1) is 0 Å². The lowest BCUT2D eigenvalue weighted by molar-refractivity contribution is -0.136. The fourth-order valence-electron chi connectivity index (χ4n) is 1.45. The lowest BCUT2D eigenvalue weighted by Crippen LogP contribution is -2.29. The van der Waals surface area contributed by atoms with Crippen LogP contribution in [0.5, 0.6) is 0 Å². The SMILES string of the molecule is CC1CC(=O)CC(C)C1=O. The van der Waals surface area contributed by atoms with E-state index < -0.39 is 0 Å². The van der Waals surface area contributed by atoms with Crippen LogP contribution in [0.1, 0.15) is 26.7 Å². The number of hydrogen-bond donors (Lipinski definition) is 0. The zero-order chi connectivity index (χ0) is 7.72. The Morgan fingerprint density at radius 1 is 1.10 bits per heavy atom. The summed E-state index contributed by atoms with van der Waals surface area (Å²) in [5.74, 6) is 0.423. The summed E-state index contributed by atoms with van der Waals surface area (Å²) in [7, 11) is 0. The van der Waals surface area contributed by atoms with Crippen molar-refractivity contribution in [3.8, 4) is 0 Å². The quantitative estimate of drug-likeness (QED) is 0.506. The summed E-state index contributed by atoms with van der Waals surface area (Å²) < 4.78 is 0. The second kappa shape index (κ2) is 2.52. The molecule has 0 spiro atoms. The minimum Gasteiger partial charge on any atom is -0.300 e. The molecular formula is C8H12O2. The molecule has 56 valence electrons. The van der Waals surface area contributed by atoms with Gasteiger partial charge < -0.3 is 0 Å². The van der Waals surface area contributed by atoms with Gasteiger partial charge in [0.15, 0.2) is 0 Å². The number of carbonyl (C=O) groups is 2. The summed E-state index contributed by atoms with van der Waals surface area (Å²) >= 11 is 0. The summed E-state index contributed by atoms with van der Waals surface area (Å²) in [6.07, 6.45) is 0.923. The van der Waals surface area contributed by atoms with Gasteiger partial charge in [-0.15, -0.1) is 0 Å². The van der Waals surface area contributed by atoms with E-state index in [0.717, 1.165) is 0 Å². The summed E-state index contributed by atoms with van der Waals surface area (Å²) in [5, 5.41) is 0. The highest BCUT2D eigenvalue weighted by Crippen LogP contribution is 2.21. The van der Waals surface area contributed by atoms with Crippen molar-refractivity contribution in [1.29, 1.82) is 0 Å². The fraction of sp³-hybridized carbons (Fsp3) is 0.750. The Morgan fingerprint density at radius 3 is 1.90 bits per heavy atom. The molecule has 0 aromatic heterocycles. The highest BCUT2D eigenvalue weighted by molar-refractivity contribution is 5.95. The molecule has 1 rings (SSSR count). The average Bonchev–Trinajstić information content (AvgIpc) is 1.82. The normalized spacial score (nSPS) is 34.6. The van der Waals surface area contributed by atoms with E-state index in [1.807, 2.05) is 13.8 Å². The van der Waals surface area contributed by atoms with Crippen LogP contribution >= 0.6 is 0 Å². The molecule has 0 amide bonds. The molecule has 0 saturated heterocycles.